The second-order valence-electron chi connectivity index (χ2n) is 2.13. The minimum Gasteiger partial charge on any atom is -0.387 e. The number of rotatable bonds is 3. The molecule has 0 radical (unpaired) electrons. The van der Waals surface area contributed by atoms with Crippen LogP contribution in [0, 0.1) is 5.41 Å². The minimum absolute atomic E-state index is 0.150. The fourth-order valence-corrected chi connectivity index (χ4v) is 1.31. The van der Waals surface area contributed by atoms with Gasteiger partial charge in [-0.1, -0.05) is 23.4 Å². The molecule has 0 bridgehead atoms. The van der Waals surface area contributed by atoms with Crippen molar-refractivity contribution in [1.82, 2.24) is 4.98 Å². The largest absolute Gasteiger partial charge is 0.387 e. The molecule has 0 unspecified atom stereocenters. The first kappa shape index (κ1) is 9.35. The number of pyridine rings is 1. The average Bonchev–Trinajstić information content (AvgIpc) is 2.03. The lowest BCUT2D eigenvalue weighted by molar-refractivity contribution is 1.14. The molecule has 0 aliphatic carbocycles. The molecule has 3 N–H and O–H groups in total. The second-order valence-corrected chi connectivity index (χ2v) is 3.56. The molecule has 0 fully saturated rings. The van der Waals surface area contributed by atoms with Crippen molar-refractivity contribution in [2.24, 2.45) is 5.73 Å². The highest BCUT2D eigenvalue weighted by Gasteiger charge is 1.96. The Morgan fingerprint density at radius 1 is 1.67 bits per heavy atom. The van der Waals surface area contributed by atoms with Crippen LogP contribution >= 0.6 is 23.4 Å². The van der Waals surface area contributed by atoms with E-state index in [-0.39, 0.29) is 5.84 Å². The summed E-state index contributed by atoms with van der Waals surface area (Å²) in [7, 11) is 0. The Hall–Kier alpha value is -0.740. The lowest BCUT2D eigenvalue weighted by Crippen LogP contribution is -2.11. The highest BCUT2D eigenvalue weighted by molar-refractivity contribution is 7.99. The van der Waals surface area contributed by atoms with E-state index in [1.54, 1.807) is 18.3 Å². The standard InChI is InChI=1S/C7H8ClN3S/c8-5-1-2-7(11-3-5)12-4-6(9)10/h1-3H,4H2,(H3,9,10). The molecule has 0 aliphatic heterocycles. The lowest BCUT2D eigenvalue weighted by Gasteiger charge is -1.97. The quantitative estimate of drug-likeness (QED) is 0.445. The van der Waals surface area contributed by atoms with Gasteiger partial charge in [0.1, 0.15) is 5.84 Å². The van der Waals surface area contributed by atoms with Gasteiger partial charge in [0.05, 0.1) is 15.8 Å². The number of halogens is 1. The van der Waals surface area contributed by atoms with Gasteiger partial charge >= 0.3 is 0 Å². The van der Waals surface area contributed by atoms with Crippen molar-refractivity contribution >= 4 is 29.2 Å². The van der Waals surface area contributed by atoms with E-state index >= 15 is 0 Å². The summed E-state index contributed by atoms with van der Waals surface area (Å²) in [6, 6.07) is 3.56. The highest BCUT2D eigenvalue weighted by Crippen LogP contribution is 2.16. The van der Waals surface area contributed by atoms with Crippen LogP contribution in [0.15, 0.2) is 23.4 Å². The van der Waals surface area contributed by atoms with Crippen LogP contribution in [0.3, 0.4) is 0 Å². The summed E-state index contributed by atoms with van der Waals surface area (Å²) in [5.74, 6) is 0.617. The van der Waals surface area contributed by atoms with Crippen molar-refractivity contribution in [2.75, 3.05) is 5.75 Å². The van der Waals surface area contributed by atoms with E-state index in [0.29, 0.717) is 10.8 Å². The number of nitrogens with one attached hydrogen (secondary N) is 1. The number of nitrogens with two attached hydrogens (primary N) is 1. The van der Waals surface area contributed by atoms with Gasteiger partial charge in [-0.05, 0) is 12.1 Å². The molecule has 0 amide bonds. The molecule has 1 rings (SSSR count). The van der Waals surface area contributed by atoms with Gasteiger partial charge in [-0.2, -0.15) is 0 Å². The first-order valence-corrected chi connectivity index (χ1v) is 4.62. The molecule has 5 heteroatoms. The Kier molecular flexibility index (Phi) is 3.37. The van der Waals surface area contributed by atoms with Crippen molar-refractivity contribution in [3.05, 3.63) is 23.4 Å². The Morgan fingerprint density at radius 3 is 2.92 bits per heavy atom. The summed E-state index contributed by atoms with van der Waals surface area (Å²) >= 11 is 7.05. The molecule has 0 saturated carbocycles. The summed E-state index contributed by atoms with van der Waals surface area (Å²) in [5.41, 5.74) is 5.18. The third kappa shape index (κ3) is 3.11. The van der Waals surface area contributed by atoms with Gasteiger partial charge in [0.15, 0.2) is 0 Å². The molecule has 1 aromatic heterocycles. The average molecular weight is 202 g/mol. The molecule has 1 aromatic rings. The third-order valence-electron chi connectivity index (χ3n) is 1.08. The maximum atomic E-state index is 6.99. The van der Waals surface area contributed by atoms with E-state index < -0.39 is 0 Å². The number of nitrogens with zero attached hydrogens (tertiary/aromatic N) is 1. The van der Waals surface area contributed by atoms with E-state index in [1.807, 2.05) is 0 Å². The van der Waals surface area contributed by atoms with Crippen LogP contribution in [0.4, 0.5) is 0 Å². The van der Waals surface area contributed by atoms with Crippen LogP contribution < -0.4 is 5.73 Å². The van der Waals surface area contributed by atoms with Crippen LogP contribution in [0.1, 0.15) is 0 Å². The summed E-state index contributed by atoms with van der Waals surface area (Å²) < 4.78 is 0. The fraction of sp³-hybridized carbons (Fsp3) is 0.143. The van der Waals surface area contributed by atoms with Gasteiger partial charge < -0.3 is 5.73 Å². The van der Waals surface area contributed by atoms with Crippen molar-refractivity contribution in [1.29, 1.82) is 5.41 Å². The van der Waals surface area contributed by atoms with Crippen LogP contribution in [-0.4, -0.2) is 16.6 Å². The van der Waals surface area contributed by atoms with Crippen LogP contribution in [-0.2, 0) is 0 Å². The van der Waals surface area contributed by atoms with E-state index in [9.17, 15) is 0 Å². The topological polar surface area (TPSA) is 62.8 Å². The molecule has 0 spiro atoms. The summed E-state index contributed by atoms with van der Waals surface area (Å²) in [4.78, 5) is 4.03. The summed E-state index contributed by atoms with van der Waals surface area (Å²) in [5, 5.41) is 8.43. The number of hydrogen-bond acceptors (Lipinski definition) is 3. The van der Waals surface area contributed by atoms with E-state index in [2.05, 4.69) is 4.98 Å². The molecule has 12 heavy (non-hydrogen) atoms. The minimum atomic E-state index is 0.150. The van der Waals surface area contributed by atoms with E-state index in [0.717, 1.165) is 5.03 Å². The van der Waals surface area contributed by atoms with Crippen molar-refractivity contribution in [2.45, 2.75) is 5.03 Å². The first-order chi connectivity index (χ1) is 5.68. The molecular weight excluding hydrogens is 194 g/mol. The molecule has 0 aliphatic rings. The SMILES string of the molecule is N=C(N)CSc1ccc(Cl)cn1. The summed E-state index contributed by atoms with van der Waals surface area (Å²) in [6.07, 6.45) is 1.57. The maximum Gasteiger partial charge on any atom is 0.101 e. The zero-order valence-corrected chi connectivity index (χ0v) is 7.82. The zero-order chi connectivity index (χ0) is 8.97. The van der Waals surface area contributed by atoms with Gasteiger partial charge in [0, 0.05) is 6.20 Å². The first-order valence-electron chi connectivity index (χ1n) is 3.26. The Bertz CT molecular complexity index is 272. The van der Waals surface area contributed by atoms with Gasteiger partial charge in [0.25, 0.3) is 0 Å². The van der Waals surface area contributed by atoms with Gasteiger partial charge in [-0.3, -0.25) is 5.41 Å². The molecular formula is C7H8ClN3S. The van der Waals surface area contributed by atoms with Crippen molar-refractivity contribution in [3.8, 4) is 0 Å². The van der Waals surface area contributed by atoms with E-state index in [4.69, 9.17) is 22.7 Å². The van der Waals surface area contributed by atoms with Crippen molar-refractivity contribution < 1.29 is 0 Å². The molecule has 0 atom stereocenters. The normalized spacial score (nSPS) is 9.75. The molecule has 64 valence electrons. The highest BCUT2D eigenvalue weighted by atomic mass is 35.5. The molecule has 0 aromatic carbocycles. The molecule has 3 nitrogen and oxygen atoms in total. The Balaban J connectivity index is 2.53. The zero-order valence-electron chi connectivity index (χ0n) is 6.25. The Labute approximate surface area is 79.8 Å². The van der Waals surface area contributed by atoms with E-state index in [1.165, 1.54) is 11.8 Å². The van der Waals surface area contributed by atoms with Gasteiger partial charge in [-0.25, -0.2) is 4.98 Å². The Morgan fingerprint density at radius 2 is 2.42 bits per heavy atom. The smallest absolute Gasteiger partial charge is 0.101 e. The maximum absolute atomic E-state index is 6.99. The third-order valence-corrected chi connectivity index (χ3v) is 2.29. The summed E-state index contributed by atoms with van der Waals surface area (Å²) in [6.45, 7) is 0. The van der Waals surface area contributed by atoms with Crippen molar-refractivity contribution in [3.63, 3.8) is 0 Å². The molecule has 1 heterocycles. The number of amidine groups is 1. The number of thioether (sulfide) groups is 1. The van der Waals surface area contributed by atoms with Crippen LogP contribution in [0.25, 0.3) is 0 Å². The predicted octanol–water partition coefficient (Wildman–Crippen LogP) is 1.76. The van der Waals surface area contributed by atoms with Gasteiger partial charge in [0.2, 0.25) is 0 Å². The second kappa shape index (κ2) is 4.33. The number of aromatic nitrogens is 1. The fourth-order valence-electron chi connectivity index (χ4n) is 0.599. The lowest BCUT2D eigenvalue weighted by atomic mass is 10.5. The monoisotopic (exact) mass is 201 g/mol. The molecule has 0 saturated heterocycles. The van der Waals surface area contributed by atoms with Crippen LogP contribution in [0.5, 0.6) is 0 Å². The van der Waals surface area contributed by atoms with Gasteiger partial charge in [-0.15, -0.1) is 0 Å². The van der Waals surface area contributed by atoms with Crippen LogP contribution in [0.2, 0.25) is 5.02 Å². The predicted molar refractivity (Wildman–Crippen MR) is 51.9 cm³/mol. The number of hydrogen-bond donors (Lipinski definition) is 2.